The van der Waals surface area contributed by atoms with Gasteiger partial charge in [0.25, 0.3) is 0 Å². The Morgan fingerprint density at radius 3 is 2.31 bits per heavy atom. The zero-order valence-electron chi connectivity index (χ0n) is 21.7. The Morgan fingerprint density at radius 1 is 0.833 bits per heavy atom. The summed E-state index contributed by atoms with van der Waals surface area (Å²) in [5.74, 6) is 0.912. The fraction of sp³-hybridized carbons (Fsp3) is 0.455. The second kappa shape index (κ2) is 10.3. The highest BCUT2D eigenvalue weighted by molar-refractivity contribution is 5.56. The van der Waals surface area contributed by atoms with Gasteiger partial charge < -0.3 is 10.0 Å². The number of para-hydroxylation sites is 1. The molecule has 0 spiro atoms. The van der Waals surface area contributed by atoms with E-state index in [0.717, 1.165) is 44.4 Å². The van der Waals surface area contributed by atoms with E-state index in [2.05, 4.69) is 71.3 Å². The second-order valence-electron chi connectivity index (χ2n) is 11.2. The number of hydrogen-bond donors (Lipinski definition) is 1. The topological polar surface area (TPSA) is 26.7 Å². The van der Waals surface area contributed by atoms with Gasteiger partial charge in [0.05, 0.1) is 0 Å². The number of phenols is 1. The summed E-state index contributed by atoms with van der Waals surface area (Å²) in [5, 5.41) is 9.87. The number of anilines is 1. The first-order valence-corrected chi connectivity index (χ1v) is 14.2. The number of rotatable bonds is 8. The lowest BCUT2D eigenvalue weighted by molar-refractivity contribution is 0.256. The van der Waals surface area contributed by atoms with E-state index in [9.17, 15) is 5.11 Å². The standard InChI is InChI=1S/C33H40N2O/c1-2-34(23-25-9-7-24(8-10-25)19-20-35-29-14-15-30(35)17-16-29)33-6-4-3-5-32(33)28-12-11-27-22-31(36)18-13-26(27)21-28/h3-10,13,18,22,28-30,36H,2,11-12,14-17,19-21,23H2,1H3/t28-,29?,30?/m1/s1. The van der Waals surface area contributed by atoms with Crippen molar-refractivity contribution in [3.8, 4) is 5.75 Å². The molecule has 36 heavy (non-hydrogen) atoms. The van der Waals surface area contributed by atoms with E-state index >= 15 is 0 Å². The maximum absolute atomic E-state index is 9.87. The molecule has 2 aliphatic heterocycles. The summed E-state index contributed by atoms with van der Waals surface area (Å²) in [6.45, 7) is 5.44. The minimum absolute atomic E-state index is 0.388. The van der Waals surface area contributed by atoms with Crippen LogP contribution in [0.1, 0.15) is 72.8 Å². The number of aryl methyl sites for hydroxylation is 1. The van der Waals surface area contributed by atoms with Crippen LogP contribution in [0, 0.1) is 0 Å². The largest absolute Gasteiger partial charge is 0.508 e. The average Bonchev–Trinajstić information content (AvgIpc) is 3.50. The van der Waals surface area contributed by atoms with Gasteiger partial charge in [0, 0.05) is 37.4 Å². The summed E-state index contributed by atoms with van der Waals surface area (Å²) in [5.41, 5.74) is 8.41. The maximum Gasteiger partial charge on any atom is 0.115 e. The molecule has 3 aliphatic rings. The molecule has 1 atom stereocenters. The summed E-state index contributed by atoms with van der Waals surface area (Å²) in [4.78, 5) is 5.33. The normalized spacial score (nSPS) is 23.1. The smallest absolute Gasteiger partial charge is 0.115 e. The molecular weight excluding hydrogens is 440 g/mol. The van der Waals surface area contributed by atoms with Crippen LogP contribution in [0.25, 0.3) is 0 Å². The SMILES string of the molecule is CCN(Cc1ccc(CCN2C3CCC2CC3)cc1)c1ccccc1[C@@H]1CCc2cc(O)ccc2C1. The molecule has 2 heterocycles. The van der Waals surface area contributed by atoms with Gasteiger partial charge in [0.2, 0.25) is 0 Å². The number of benzene rings is 3. The van der Waals surface area contributed by atoms with Gasteiger partial charge >= 0.3 is 0 Å². The number of hydrogen-bond acceptors (Lipinski definition) is 3. The first kappa shape index (κ1) is 23.6. The van der Waals surface area contributed by atoms with Crippen LogP contribution >= 0.6 is 0 Å². The Labute approximate surface area is 216 Å². The Balaban J connectivity index is 1.13. The zero-order chi connectivity index (χ0) is 24.5. The summed E-state index contributed by atoms with van der Waals surface area (Å²) in [6.07, 6.45) is 10.1. The van der Waals surface area contributed by atoms with Crippen LogP contribution < -0.4 is 4.90 Å². The molecule has 3 aromatic rings. The van der Waals surface area contributed by atoms with Crippen molar-refractivity contribution in [3.63, 3.8) is 0 Å². The molecule has 2 saturated heterocycles. The predicted octanol–water partition coefficient (Wildman–Crippen LogP) is 6.86. The van der Waals surface area contributed by atoms with Crippen molar-refractivity contribution in [2.24, 2.45) is 0 Å². The zero-order valence-corrected chi connectivity index (χ0v) is 21.7. The first-order chi connectivity index (χ1) is 17.7. The Bertz CT molecular complexity index is 1170. The molecule has 2 bridgehead atoms. The molecule has 3 heteroatoms. The van der Waals surface area contributed by atoms with Crippen molar-refractivity contribution < 1.29 is 5.11 Å². The third-order valence-corrected chi connectivity index (χ3v) is 9.18. The minimum atomic E-state index is 0.388. The lowest BCUT2D eigenvalue weighted by atomic mass is 9.79. The van der Waals surface area contributed by atoms with Crippen LogP contribution in [0.2, 0.25) is 0 Å². The number of fused-ring (bicyclic) bond motifs is 3. The molecule has 0 radical (unpaired) electrons. The molecule has 0 saturated carbocycles. The van der Waals surface area contributed by atoms with Crippen molar-refractivity contribution in [2.45, 2.75) is 82.8 Å². The van der Waals surface area contributed by atoms with Crippen LogP contribution in [0.3, 0.4) is 0 Å². The molecule has 1 N–H and O–H groups in total. The molecule has 2 fully saturated rings. The van der Waals surface area contributed by atoms with Gasteiger partial charge in [0.15, 0.2) is 0 Å². The molecule has 6 rings (SSSR count). The van der Waals surface area contributed by atoms with Crippen LogP contribution in [0.4, 0.5) is 5.69 Å². The molecule has 0 unspecified atom stereocenters. The third kappa shape index (κ3) is 4.78. The van der Waals surface area contributed by atoms with E-state index < -0.39 is 0 Å². The van der Waals surface area contributed by atoms with Gasteiger partial charge in [-0.2, -0.15) is 0 Å². The van der Waals surface area contributed by atoms with Crippen molar-refractivity contribution in [2.75, 3.05) is 18.0 Å². The monoisotopic (exact) mass is 480 g/mol. The van der Waals surface area contributed by atoms with Crippen LogP contribution in [-0.2, 0) is 25.8 Å². The van der Waals surface area contributed by atoms with Crippen molar-refractivity contribution in [1.82, 2.24) is 4.90 Å². The summed E-state index contributed by atoms with van der Waals surface area (Å²) in [6, 6.07) is 26.1. The highest BCUT2D eigenvalue weighted by atomic mass is 16.3. The van der Waals surface area contributed by atoms with Gasteiger partial charge in [-0.25, -0.2) is 0 Å². The highest BCUT2D eigenvalue weighted by Crippen LogP contribution is 2.39. The van der Waals surface area contributed by atoms with Crippen LogP contribution in [0.15, 0.2) is 66.7 Å². The van der Waals surface area contributed by atoms with E-state index in [0.29, 0.717) is 11.7 Å². The number of phenolic OH excluding ortho intramolecular Hbond substituents is 1. The second-order valence-corrected chi connectivity index (χ2v) is 11.2. The van der Waals surface area contributed by atoms with E-state index in [1.807, 2.05) is 12.1 Å². The van der Waals surface area contributed by atoms with Crippen molar-refractivity contribution in [3.05, 3.63) is 94.5 Å². The summed E-state index contributed by atoms with van der Waals surface area (Å²) in [7, 11) is 0. The minimum Gasteiger partial charge on any atom is -0.508 e. The highest BCUT2D eigenvalue weighted by Gasteiger charge is 2.38. The van der Waals surface area contributed by atoms with E-state index in [1.54, 1.807) is 0 Å². The van der Waals surface area contributed by atoms with Crippen LogP contribution in [-0.4, -0.2) is 35.2 Å². The van der Waals surface area contributed by atoms with Crippen LogP contribution in [0.5, 0.6) is 5.75 Å². The maximum atomic E-state index is 9.87. The van der Waals surface area contributed by atoms with E-state index in [4.69, 9.17) is 0 Å². The lowest BCUT2D eigenvalue weighted by Gasteiger charge is -2.31. The molecule has 1 aliphatic carbocycles. The van der Waals surface area contributed by atoms with Gasteiger partial charge in [-0.3, -0.25) is 4.90 Å². The molecular formula is C33H40N2O. The quantitative estimate of drug-likeness (QED) is 0.381. The first-order valence-electron chi connectivity index (χ1n) is 14.2. The Hall–Kier alpha value is -2.78. The third-order valence-electron chi connectivity index (χ3n) is 9.18. The van der Waals surface area contributed by atoms with Crippen molar-refractivity contribution >= 4 is 5.69 Å². The Kier molecular flexibility index (Phi) is 6.75. The van der Waals surface area contributed by atoms with Gasteiger partial charge in [-0.05, 0) is 110 Å². The lowest BCUT2D eigenvalue weighted by Crippen LogP contribution is -2.30. The number of nitrogens with zero attached hydrogens (tertiary/aromatic N) is 2. The van der Waals surface area contributed by atoms with E-state index in [-0.39, 0.29) is 0 Å². The fourth-order valence-electron chi connectivity index (χ4n) is 7.17. The average molecular weight is 481 g/mol. The van der Waals surface area contributed by atoms with E-state index in [1.165, 1.54) is 72.2 Å². The van der Waals surface area contributed by atoms with Gasteiger partial charge in [0.1, 0.15) is 5.75 Å². The summed E-state index contributed by atoms with van der Waals surface area (Å²) < 4.78 is 0. The molecule has 3 aromatic carbocycles. The molecule has 188 valence electrons. The van der Waals surface area contributed by atoms with Gasteiger partial charge in [-0.1, -0.05) is 48.5 Å². The summed E-state index contributed by atoms with van der Waals surface area (Å²) >= 11 is 0. The number of aromatic hydroxyl groups is 1. The fourth-order valence-corrected chi connectivity index (χ4v) is 7.17. The molecule has 0 amide bonds. The van der Waals surface area contributed by atoms with Crippen molar-refractivity contribution in [1.29, 1.82) is 0 Å². The molecule has 0 aromatic heterocycles. The van der Waals surface area contributed by atoms with Gasteiger partial charge in [-0.15, -0.1) is 0 Å². The Morgan fingerprint density at radius 2 is 1.56 bits per heavy atom. The molecule has 3 nitrogen and oxygen atoms in total. The predicted molar refractivity (Wildman–Crippen MR) is 149 cm³/mol.